The van der Waals surface area contributed by atoms with Crippen LogP contribution in [0, 0.1) is 5.92 Å². The Labute approximate surface area is 166 Å². The van der Waals surface area contributed by atoms with Crippen molar-refractivity contribution in [1.29, 1.82) is 0 Å². The van der Waals surface area contributed by atoms with Crippen molar-refractivity contribution in [2.75, 3.05) is 34.5 Å². The number of likely N-dealkylation sites (tertiary alicyclic amines) is 1. The van der Waals surface area contributed by atoms with Gasteiger partial charge in [0.1, 0.15) is 0 Å². The van der Waals surface area contributed by atoms with Crippen molar-refractivity contribution in [1.82, 2.24) is 4.90 Å². The second-order valence-corrected chi connectivity index (χ2v) is 7.50. The van der Waals surface area contributed by atoms with Crippen molar-refractivity contribution in [2.45, 2.75) is 50.7 Å². The molecule has 0 unspecified atom stereocenters. The summed E-state index contributed by atoms with van der Waals surface area (Å²) in [7, 11) is 4.70. The normalized spacial score (nSPS) is 27.0. The zero-order valence-electron chi connectivity index (χ0n) is 17.2. The van der Waals surface area contributed by atoms with Crippen molar-refractivity contribution in [3.63, 3.8) is 0 Å². The molecule has 1 saturated carbocycles. The van der Waals surface area contributed by atoms with Crippen molar-refractivity contribution >= 4 is 6.09 Å². The minimum absolute atomic E-state index is 0.0674. The van der Waals surface area contributed by atoms with Crippen LogP contribution >= 0.6 is 0 Å². The van der Waals surface area contributed by atoms with Crippen molar-refractivity contribution in [3.05, 3.63) is 17.7 Å². The summed E-state index contributed by atoms with van der Waals surface area (Å²) in [4.78, 5) is 14.5. The Morgan fingerprint density at radius 3 is 2.39 bits per heavy atom. The second-order valence-electron chi connectivity index (χ2n) is 7.50. The number of carbonyl (C=O) groups is 1. The third-order valence-electron chi connectivity index (χ3n) is 6.10. The van der Waals surface area contributed by atoms with Crippen LogP contribution < -0.4 is 14.2 Å². The Kier molecular flexibility index (Phi) is 6.23. The van der Waals surface area contributed by atoms with Gasteiger partial charge in [0, 0.05) is 12.5 Å². The third-order valence-corrected chi connectivity index (χ3v) is 6.10. The van der Waals surface area contributed by atoms with E-state index in [0.29, 0.717) is 36.8 Å². The highest BCUT2D eigenvalue weighted by molar-refractivity contribution is 5.69. The smallest absolute Gasteiger partial charge is 0.410 e. The first-order valence-corrected chi connectivity index (χ1v) is 9.94. The van der Waals surface area contributed by atoms with Gasteiger partial charge in [0.05, 0.1) is 39.6 Å². The molecule has 7 nitrogen and oxygen atoms in total. The van der Waals surface area contributed by atoms with E-state index in [-0.39, 0.29) is 18.1 Å². The number of hydrogen-bond acceptors (Lipinski definition) is 6. The highest BCUT2D eigenvalue weighted by Gasteiger charge is 2.50. The molecule has 156 valence electrons. The zero-order chi connectivity index (χ0) is 20.3. The van der Waals surface area contributed by atoms with E-state index >= 15 is 0 Å². The van der Waals surface area contributed by atoms with Crippen molar-refractivity contribution in [2.24, 2.45) is 5.92 Å². The summed E-state index contributed by atoms with van der Waals surface area (Å²) in [5.74, 6) is 1.50. The fourth-order valence-electron chi connectivity index (χ4n) is 4.78. The highest BCUT2D eigenvalue weighted by Crippen LogP contribution is 2.51. The minimum atomic E-state index is -0.772. The molecule has 3 rings (SSSR count). The molecule has 3 atom stereocenters. The first-order chi connectivity index (χ1) is 13.5. The third kappa shape index (κ3) is 3.60. The van der Waals surface area contributed by atoms with E-state index in [0.717, 1.165) is 31.2 Å². The van der Waals surface area contributed by atoms with Gasteiger partial charge >= 0.3 is 6.09 Å². The molecular weight excluding hydrogens is 362 g/mol. The molecule has 1 heterocycles. The maximum Gasteiger partial charge on any atom is 0.410 e. The van der Waals surface area contributed by atoms with Crippen LogP contribution in [-0.4, -0.2) is 56.2 Å². The Balaban J connectivity index is 2.10. The molecule has 1 N–H and O–H groups in total. The first kappa shape index (κ1) is 20.6. The van der Waals surface area contributed by atoms with Gasteiger partial charge < -0.3 is 29.0 Å². The molecular formula is C21H31NO6. The van der Waals surface area contributed by atoms with Crippen LogP contribution in [0.5, 0.6) is 17.2 Å². The number of rotatable bonds is 5. The molecule has 1 aliphatic carbocycles. The second kappa shape index (κ2) is 8.47. The Morgan fingerprint density at radius 1 is 1.14 bits per heavy atom. The van der Waals surface area contributed by atoms with Gasteiger partial charge in [-0.1, -0.05) is 12.8 Å². The lowest BCUT2D eigenvalue weighted by Gasteiger charge is -2.52. The number of benzene rings is 1. The van der Waals surface area contributed by atoms with Crippen LogP contribution in [0.25, 0.3) is 0 Å². The summed E-state index contributed by atoms with van der Waals surface area (Å²) in [6.07, 6.45) is 3.87. The monoisotopic (exact) mass is 393 g/mol. The van der Waals surface area contributed by atoms with Gasteiger partial charge in [-0.15, -0.1) is 0 Å². The lowest BCUT2D eigenvalue weighted by molar-refractivity contribution is -0.118. The number of hydrogen-bond donors (Lipinski definition) is 1. The lowest BCUT2D eigenvalue weighted by atomic mass is 9.66. The number of methoxy groups -OCH3 is 3. The molecule has 2 fully saturated rings. The number of carbonyl (C=O) groups excluding carboxylic acids is 1. The van der Waals surface area contributed by atoms with Gasteiger partial charge in [-0.05, 0) is 43.9 Å². The van der Waals surface area contributed by atoms with E-state index < -0.39 is 5.60 Å². The molecule has 1 saturated heterocycles. The number of amides is 1. The molecule has 1 amide bonds. The van der Waals surface area contributed by atoms with Crippen molar-refractivity contribution in [3.8, 4) is 17.2 Å². The minimum Gasteiger partial charge on any atom is -0.493 e. The van der Waals surface area contributed by atoms with Crippen molar-refractivity contribution < 1.29 is 28.8 Å². The number of nitrogens with zero attached hydrogens (tertiary/aromatic N) is 1. The van der Waals surface area contributed by atoms with Gasteiger partial charge in [0.2, 0.25) is 5.75 Å². The summed E-state index contributed by atoms with van der Waals surface area (Å²) < 4.78 is 21.8. The van der Waals surface area contributed by atoms with E-state index in [1.165, 1.54) is 0 Å². The average Bonchev–Trinajstić information content (AvgIpc) is 2.71. The standard InChI is InChI=1S/C21H31NO6/c1-5-28-20(23)22-11-10-21(24)9-7-6-8-15(21)18(22)14-12-16(25-2)19(27-4)17(13-14)26-3/h12-13,15,18,24H,5-11H2,1-4H3/t15-,18-,21-/m1/s1. The van der Waals surface area contributed by atoms with Crippen LogP contribution in [0.4, 0.5) is 4.79 Å². The molecule has 1 aliphatic heterocycles. The van der Waals surface area contributed by atoms with Crippen LogP contribution in [-0.2, 0) is 4.74 Å². The van der Waals surface area contributed by atoms with E-state index in [2.05, 4.69) is 0 Å². The van der Waals surface area contributed by atoms with Gasteiger partial charge in [-0.25, -0.2) is 4.79 Å². The van der Waals surface area contributed by atoms with E-state index in [9.17, 15) is 9.90 Å². The number of piperidine rings is 1. The number of aliphatic hydroxyl groups is 1. The maximum absolute atomic E-state index is 12.7. The molecule has 0 spiro atoms. The van der Waals surface area contributed by atoms with Gasteiger partial charge in [0.25, 0.3) is 0 Å². The van der Waals surface area contributed by atoms with Crippen LogP contribution in [0.2, 0.25) is 0 Å². The topological polar surface area (TPSA) is 77.5 Å². The summed E-state index contributed by atoms with van der Waals surface area (Å²) in [5.41, 5.74) is 0.0827. The zero-order valence-corrected chi connectivity index (χ0v) is 17.2. The molecule has 7 heteroatoms. The summed E-state index contributed by atoms with van der Waals surface area (Å²) >= 11 is 0. The van der Waals surface area contributed by atoms with Crippen LogP contribution in [0.15, 0.2) is 12.1 Å². The molecule has 0 radical (unpaired) electrons. The summed E-state index contributed by atoms with van der Waals surface area (Å²) in [6.45, 7) is 2.56. The molecule has 0 aromatic heterocycles. The molecule has 0 bridgehead atoms. The van der Waals surface area contributed by atoms with Gasteiger partial charge in [-0.2, -0.15) is 0 Å². The van der Waals surface area contributed by atoms with E-state index in [1.807, 2.05) is 12.1 Å². The fraction of sp³-hybridized carbons (Fsp3) is 0.667. The maximum atomic E-state index is 12.7. The van der Waals surface area contributed by atoms with Crippen LogP contribution in [0.1, 0.15) is 50.6 Å². The Hall–Kier alpha value is -2.15. The summed E-state index contributed by atoms with van der Waals surface area (Å²) in [6, 6.07) is 3.43. The average molecular weight is 393 g/mol. The summed E-state index contributed by atoms with van der Waals surface area (Å²) in [5, 5.41) is 11.3. The molecule has 1 aromatic rings. The predicted molar refractivity (Wildman–Crippen MR) is 104 cm³/mol. The molecule has 28 heavy (non-hydrogen) atoms. The number of fused-ring (bicyclic) bond motifs is 1. The quantitative estimate of drug-likeness (QED) is 0.825. The predicted octanol–water partition coefficient (Wildman–Crippen LogP) is 3.54. The molecule has 1 aromatic carbocycles. The largest absolute Gasteiger partial charge is 0.493 e. The van der Waals surface area contributed by atoms with Crippen LogP contribution in [0.3, 0.4) is 0 Å². The first-order valence-electron chi connectivity index (χ1n) is 9.94. The Bertz CT molecular complexity index is 683. The van der Waals surface area contributed by atoms with E-state index in [1.54, 1.807) is 33.2 Å². The highest BCUT2D eigenvalue weighted by atomic mass is 16.6. The Morgan fingerprint density at radius 2 is 1.82 bits per heavy atom. The molecule has 2 aliphatic rings. The SMILES string of the molecule is CCOC(=O)N1CC[C@]2(O)CCCC[C@@H]2[C@H]1c1cc(OC)c(OC)c(OC)c1. The number of ether oxygens (including phenoxy) is 4. The van der Waals surface area contributed by atoms with E-state index in [4.69, 9.17) is 18.9 Å². The lowest BCUT2D eigenvalue weighted by Crippen LogP contribution is -2.56. The van der Waals surface area contributed by atoms with Gasteiger partial charge in [-0.3, -0.25) is 0 Å². The fourth-order valence-corrected chi connectivity index (χ4v) is 4.78. The van der Waals surface area contributed by atoms with Gasteiger partial charge in [0.15, 0.2) is 11.5 Å².